The fraction of sp³-hybridized carbons (Fsp3) is 0.508. The van der Waals surface area contributed by atoms with Gasteiger partial charge in [0, 0.05) is 62.6 Å². The monoisotopic (exact) mass is 1110 g/mol. The van der Waals surface area contributed by atoms with E-state index in [9.17, 15) is 46.8 Å². The number of hydrogen-bond acceptors (Lipinski definition) is 15. The summed E-state index contributed by atoms with van der Waals surface area (Å²) in [5, 5.41) is 7.99. The van der Waals surface area contributed by atoms with Gasteiger partial charge in [0.2, 0.25) is 29.4 Å². The van der Waals surface area contributed by atoms with Gasteiger partial charge in [0.05, 0.1) is 49.7 Å². The lowest BCUT2D eigenvalue weighted by Gasteiger charge is -2.33. The average Bonchev–Trinajstić information content (AvgIpc) is 3.44. The van der Waals surface area contributed by atoms with Crippen LogP contribution in [0.1, 0.15) is 114 Å². The molecule has 5 atom stereocenters. The molecule has 1 unspecified atom stereocenters. The molecule has 4 amide bonds. The van der Waals surface area contributed by atoms with Gasteiger partial charge in [0.15, 0.2) is 17.2 Å². The fourth-order valence-electron chi connectivity index (χ4n) is 8.95. The number of carbonyl (C=O) groups excluding carboxylic acids is 9. The number of ketones is 4. The van der Waals surface area contributed by atoms with Crippen molar-refractivity contribution < 1.29 is 65.2 Å². The van der Waals surface area contributed by atoms with E-state index in [0.717, 1.165) is 24.6 Å². The number of nitrogens with zero attached hydrogens (tertiary/aromatic N) is 1. The molecule has 1 saturated heterocycles. The third-order valence-electron chi connectivity index (χ3n) is 13.2. The Morgan fingerprint density at radius 2 is 1.38 bits per heavy atom. The zero-order chi connectivity index (χ0) is 58.1. The summed E-state index contributed by atoms with van der Waals surface area (Å²) in [6.45, 7) is 9.09. The van der Waals surface area contributed by atoms with Gasteiger partial charge in [0.1, 0.15) is 12.4 Å². The van der Waals surface area contributed by atoms with E-state index in [1.807, 2.05) is 49.1 Å². The first kappa shape index (κ1) is 64.6. The molecule has 428 valence electrons. The Bertz CT molecular complexity index is 2720. The summed E-state index contributed by atoms with van der Waals surface area (Å²) in [4.78, 5) is 124. The number of esters is 1. The number of carbonyl (C=O) groups is 9. The first-order chi connectivity index (χ1) is 37.5. The summed E-state index contributed by atoms with van der Waals surface area (Å²) in [6.07, 6.45) is 4.72. The number of aryl methyl sites for hydroxylation is 1. The van der Waals surface area contributed by atoms with Crippen LogP contribution in [0.3, 0.4) is 0 Å². The van der Waals surface area contributed by atoms with Crippen LogP contribution in [0.25, 0.3) is 0 Å². The van der Waals surface area contributed by atoms with Gasteiger partial charge in [-0.3, -0.25) is 52.2 Å². The summed E-state index contributed by atoms with van der Waals surface area (Å²) < 4.78 is 44.2. The zero-order valence-electron chi connectivity index (χ0n) is 46.0. The van der Waals surface area contributed by atoms with E-state index in [1.54, 1.807) is 44.2 Å². The standard InChI is InChI=1S/C59H77N5O14S/c1-7-8-22-51(66)44-20-15-21-48(35-44)79(74,75)77-39-59(6,78-55(70)26-25-54(69)61-37-53(60)68)56(71)50(32-41(4)5)63-58(73)46(33-43-18-13-10-14-19-43)36-52(67)49(31-40(2)3)62-57(72)45(24-23-42-16-11-9-12-17-42)34-47(65)38-64-27-29-76-30-28-64/h1,9-21,35,40-41,45-46,49-50H,8,22-34,36-39H2,2-6H3,(H2,60,68)(H,61,69)(H,62,72)(H,63,73)/t45-,46-,49+,50+,59?/m1/s1. The molecule has 0 saturated carbocycles. The predicted molar refractivity (Wildman–Crippen MR) is 294 cm³/mol. The maximum atomic E-state index is 15.0. The van der Waals surface area contributed by atoms with Gasteiger partial charge in [0.25, 0.3) is 10.1 Å². The molecule has 1 fully saturated rings. The lowest BCUT2D eigenvalue weighted by Crippen LogP contribution is -2.56. The molecule has 0 bridgehead atoms. The summed E-state index contributed by atoms with van der Waals surface area (Å²) in [5.41, 5.74) is 4.32. The highest BCUT2D eigenvalue weighted by Gasteiger charge is 2.45. The first-order valence-corrected chi connectivity index (χ1v) is 28.2. The molecule has 3 aromatic rings. The Hall–Kier alpha value is -6.92. The summed E-state index contributed by atoms with van der Waals surface area (Å²) >= 11 is 0. The van der Waals surface area contributed by atoms with Gasteiger partial charge >= 0.3 is 5.97 Å². The normalized spacial score (nSPS) is 15.1. The number of Topliss-reactive ketones (excluding diaryl/α,β-unsaturated/α-hetero) is 4. The quantitative estimate of drug-likeness (QED) is 0.0270. The predicted octanol–water partition coefficient (Wildman–Crippen LogP) is 4.66. The van der Waals surface area contributed by atoms with E-state index < -0.39 is 124 Å². The second-order valence-corrected chi connectivity index (χ2v) is 22.6. The van der Waals surface area contributed by atoms with Crippen LogP contribution in [0.4, 0.5) is 0 Å². The second-order valence-electron chi connectivity index (χ2n) is 21.0. The van der Waals surface area contributed by atoms with Crippen LogP contribution >= 0.6 is 0 Å². The largest absolute Gasteiger partial charge is 0.449 e. The SMILES string of the molecule is C#CCCC(=O)c1cccc(S(=O)(=O)OCC(C)(OC(=O)CCC(=O)NCC(N)=O)C(=O)[C@H](CC(C)C)NC(=O)[C@@H](CC(=O)[C@H](CC(C)C)NC(=O)[C@H](CCc2ccccc2)CC(=O)CN2CCOCC2)Cc2ccccc2)c1. The average molecular weight is 1110 g/mol. The third-order valence-corrected chi connectivity index (χ3v) is 14.4. The highest BCUT2D eigenvalue weighted by atomic mass is 32.2. The van der Waals surface area contributed by atoms with E-state index in [2.05, 4.69) is 21.9 Å². The summed E-state index contributed by atoms with van der Waals surface area (Å²) in [7, 11) is -4.80. The van der Waals surface area contributed by atoms with Crippen LogP contribution in [0, 0.1) is 36.0 Å². The van der Waals surface area contributed by atoms with Crippen LogP contribution in [-0.2, 0) is 75.0 Å². The molecule has 19 nitrogen and oxygen atoms in total. The number of amides is 4. The zero-order valence-corrected chi connectivity index (χ0v) is 46.8. The minimum absolute atomic E-state index is 0.00875. The van der Waals surface area contributed by atoms with E-state index in [0.29, 0.717) is 44.7 Å². The number of morpholine rings is 1. The van der Waals surface area contributed by atoms with Gasteiger partial charge in [-0.2, -0.15) is 8.42 Å². The first-order valence-electron chi connectivity index (χ1n) is 26.8. The van der Waals surface area contributed by atoms with Gasteiger partial charge in [-0.25, -0.2) is 0 Å². The Morgan fingerprint density at radius 3 is 2.00 bits per heavy atom. The molecule has 0 aliphatic carbocycles. The highest BCUT2D eigenvalue weighted by molar-refractivity contribution is 7.86. The number of rotatable bonds is 35. The molecule has 1 aliphatic rings. The van der Waals surface area contributed by atoms with E-state index in [-0.39, 0.29) is 68.3 Å². The minimum Gasteiger partial charge on any atom is -0.449 e. The molecule has 1 heterocycles. The maximum absolute atomic E-state index is 15.0. The molecular formula is C59H77N5O14S. The lowest BCUT2D eigenvalue weighted by molar-refractivity contribution is -0.170. The van der Waals surface area contributed by atoms with Crippen molar-refractivity contribution >= 4 is 62.8 Å². The molecule has 5 N–H and O–H groups in total. The molecule has 0 aromatic heterocycles. The molecule has 0 radical (unpaired) electrons. The Morgan fingerprint density at radius 1 is 0.772 bits per heavy atom. The Balaban J connectivity index is 1.66. The van der Waals surface area contributed by atoms with Crippen molar-refractivity contribution in [3.05, 3.63) is 102 Å². The number of nitrogens with one attached hydrogen (secondary N) is 3. The highest BCUT2D eigenvalue weighted by Crippen LogP contribution is 2.26. The van der Waals surface area contributed by atoms with Crippen LogP contribution in [0.2, 0.25) is 0 Å². The molecule has 4 rings (SSSR count). The Kier molecular flexibility index (Phi) is 26.4. The molecular weight excluding hydrogens is 1030 g/mol. The minimum atomic E-state index is -4.80. The number of hydrogen-bond donors (Lipinski definition) is 4. The second kappa shape index (κ2) is 32.2. The number of terminal acetylenes is 1. The van der Waals surface area contributed by atoms with Gasteiger partial charge in [-0.15, -0.1) is 12.3 Å². The third kappa shape index (κ3) is 22.8. The van der Waals surface area contributed by atoms with E-state index >= 15 is 4.79 Å². The van der Waals surface area contributed by atoms with Crippen molar-refractivity contribution in [1.82, 2.24) is 20.9 Å². The molecule has 20 heteroatoms. The maximum Gasteiger partial charge on any atom is 0.307 e. The van der Waals surface area contributed by atoms with E-state index in [1.165, 1.54) is 12.1 Å². The summed E-state index contributed by atoms with van der Waals surface area (Å²) in [6, 6.07) is 20.8. The molecule has 1 aliphatic heterocycles. The van der Waals surface area contributed by atoms with Crippen LogP contribution in [0.5, 0.6) is 0 Å². The van der Waals surface area contributed by atoms with Crippen molar-refractivity contribution in [3.63, 3.8) is 0 Å². The van der Waals surface area contributed by atoms with Crippen molar-refractivity contribution in [2.45, 2.75) is 128 Å². The number of ether oxygens (including phenoxy) is 2. The topological polar surface area (TPSA) is 281 Å². The number of benzene rings is 3. The summed E-state index contributed by atoms with van der Waals surface area (Å²) in [5.74, 6) is -5.96. The van der Waals surface area contributed by atoms with Crippen LogP contribution in [-0.4, -0.2) is 130 Å². The Labute approximate surface area is 464 Å². The lowest BCUT2D eigenvalue weighted by atomic mass is 9.86. The van der Waals surface area contributed by atoms with Crippen LogP contribution < -0.4 is 21.7 Å². The van der Waals surface area contributed by atoms with Gasteiger partial charge in [-0.05, 0) is 74.1 Å². The van der Waals surface area contributed by atoms with Crippen LogP contribution in [0.15, 0.2) is 89.8 Å². The molecule has 79 heavy (non-hydrogen) atoms. The fourth-order valence-corrected chi connectivity index (χ4v) is 9.98. The number of nitrogens with two attached hydrogens (primary N) is 1. The number of primary amides is 1. The molecule has 0 spiro atoms. The van der Waals surface area contributed by atoms with Crippen molar-refractivity contribution in [3.8, 4) is 12.3 Å². The van der Waals surface area contributed by atoms with E-state index in [4.69, 9.17) is 25.8 Å². The van der Waals surface area contributed by atoms with Crippen molar-refractivity contribution in [1.29, 1.82) is 0 Å². The smallest absolute Gasteiger partial charge is 0.307 e. The van der Waals surface area contributed by atoms with Gasteiger partial charge < -0.3 is 31.2 Å². The van der Waals surface area contributed by atoms with Crippen molar-refractivity contribution in [2.24, 2.45) is 29.4 Å². The van der Waals surface area contributed by atoms with Gasteiger partial charge in [-0.1, -0.05) is 100 Å². The molecule has 3 aromatic carbocycles. The van der Waals surface area contributed by atoms with Crippen molar-refractivity contribution in [2.75, 3.05) is 46.0 Å².